The van der Waals surface area contributed by atoms with E-state index in [-0.39, 0.29) is 10.6 Å². The molecule has 5 nitrogen and oxygen atoms in total. The molecule has 7 heteroatoms. The van der Waals surface area contributed by atoms with Crippen LogP contribution in [0.15, 0.2) is 46.3 Å². The summed E-state index contributed by atoms with van der Waals surface area (Å²) in [7, 11) is -3.43. The minimum Gasteiger partial charge on any atom is -0.264 e. The second-order valence-electron chi connectivity index (χ2n) is 4.52. The van der Waals surface area contributed by atoms with Gasteiger partial charge >= 0.3 is 0 Å². The van der Waals surface area contributed by atoms with Gasteiger partial charge < -0.3 is 0 Å². The first-order chi connectivity index (χ1) is 10.1. The van der Waals surface area contributed by atoms with Crippen molar-refractivity contribution in [2.75, 3.05) is 12.4 Å². The van der Waals surface area contributed by atoms with Gasteiger partial charge in [0.25, 0.3) is 0 Å². The van der Waals surface area contributed by atoms with Crippen LogP contribution in [0.1, 0.15) is 5.56 Å². The smallest absolute Gasteiger partial charge is 0.184 e. The van der Waals surface area contributed by atoms with Crippen LogP contribution in [0, 0.1) is 11.3 Å². The van der Waals surface area contributed by atoms with E-state index in [2.05, 4.69) is 15.8 Å². The largest absolute Gasteiger partial charge is 0.264 e. The van der Waals surface area contributed by atoms with E-state index in [1.165, 1.54) is 11.9 Å². The standard InChI is InChI=1S/C14H11N3O2S2/c15-7-11-3-1-2-10-6-12(4-5-13(10)11)21(18,19)8-14-16-9-17-20-14/h1-6,17H,8-9H2. The molecule has 21 heavy (non-hydrogen) atoms. The average molecular weight is 317 g/mol. The maximum absolute atomic E-state index is 12.4. The molecule has 106 valence electrons. The number of nitrogens with one attached hydrogen (secondary N) is 1. The summed E-state index contributed by atoms with van der Waals surface area (Å²) in [5, 5.41) is 11.1. The van der Waals surface area contributed by atoms with Gasteiger partial charge in [0, 0.05) is 0 Å². The fourth-order valence-corrected chi connectivity index (χ4v) is 4.43. The van der Waals surface area contributed by atoms with Crippen molar-refractivity contribution in [2.24, 2.45) is 4.99 Å². The summed E-state index contributed by atoms with van der Waals surface area (Å²) in [4.78, 5) is 4.33. The number of sulfone groups is 1. The van der Waals surface area contributed by atoms with E-state index in [0.717, 1.165) is 10.8 Å². The molecular formula is C14H11N3O2S2. The van der Waals surface area contributed by atoms with Crippen LogP contribution in [-0.2, 0) is 9.84 Å². The molecule has 0 aliphatic carbocycles. The van der Waals surface area contributed by atoms with Gasteiger partial charge in [-0.15, -0.1) is 0 Å². The van der Waals surface area contributed by atoms with Gasteiger partial charge in [-0.05, 0) is 40.9 Å². The molecule has 0 bridgehead atoms. The van der Waals surface area contributed by atoms with E-state index < -0.39 is 9.84 Å². The number of hydrogen-bond donors (Lipinski definition) is 1. The lowest BCUT2D eigenvalue weighted by molar-refractivity contribution is 0.600. The van der Waals surface area contributed by atoms with Crippen molar-refractivity contribution in [2.45, 2.75) is 4.90 Å². The topological polar surface area (TPSA) is 82.3 Å². The van der Waals surface area contributed by atoms with Crippen LogP contribution in [-0.4, -0.2) is 25.9 Å². The Hall–Kier alpha value is -1.88. The molecule has 1 aliphatic rings. The van der Waals surface area contributed by atoms with E-state index in [1.807, 2.05) is 0 Å². The SMILES string of the molecule is N#Cc1cccc2cc(S(=O)(=O)CC3=NCNS3)ccc12. The number of rotatable bonds is 3. The Kier molecular flexibility index (Phi) is 3.68. The third-order valence-electron chi connectivity index (χ3n) is 3.15. The fraction of sp³-hybridized carbons (Fsp3) is 0.143. The fourth-order valence-electron chi connectivity index (χ4n) is 2.14. The molecule has 0 unspecified atom stereocenters. The summed E-state index contributed by atoms with van der Waals surface area (Å²) < 4.78 is 27.7. The van der Waals surface area contributed by atoms with Crippen molar-refractivity contribution in [3.05, 3.63) is 42.0 Å². The predicted molar refractivity (Wildman–Crippen MR) is 83.7 cm³/mol. The highest BCUT2D eigenvalue weighted by molar-refractivity contribution is 8.14. The molecule has 0 saturated carbocycles. The molecule has 1 heterocycles. The Morgan fingerprint density at radius 1 is 1.33 bits per heavy atom. The number of benzene rings is 2. The zero-order chi connectivity index (χ0) is 14.9. The first kappa shape index (κ1) is 14.1. The highest BCUT2D eigenvalue weighted by Gasteiger charge is 2.20. The Bertz CT molecular complexity index is 883. The number of aliphatic imine (C=N–C) groups is 1. The van der Waals surface area contributed by atoms with Crippen molar-refractivity contribution < 1.29 is 8.42 Å². The second kappa shape index (κ2) is 5.48. The minimum absolute atomic E-state index is 0.103. The highest BCUT2D eigenvalue weighted by atomic mass is 32.2. The quantitative estimate of drug-likeness (QED) is 0.877. The van der Waals surface area contributed by atoms with Crippen LogP contribution >= 0.6 is 11.9 Å². The number of nitriles is 1. The molecule has 0 fully saturated rings. The lowest BCUT2D eigenvalue weighted by Gasteiger charge is -2.06. The highest BCUT2D eigenvalue weighted by Crippen LogP contribution is 2.23. The normalized spacial score (nSPS) is 14.9. The van der Waals surface area contributed by atoms with Crippen molar-refractivity contribution >= 4 is 37.6 Å². The van der Waals surface area contributed by atoms with Crippen LogP contribution in [0.2, 0.25) is 0 Å². The van der Waals surface area contributed by atoms with E-state index in [0.29, 0.717) is 17.3 Å². The van der Waals surface area contributed by atoms with Gasteiger partial charge in [-0.25, -0.2) is 13.1 Å². The van der Waals surface area contributed by atoms with E-state index in [9.17, 15) is 8.42 Å². The molecule has 0 spiro atoms. The van der Waals surface area contributed by atoms with Crippen LogP contribution < -0.4 is 4.72 Å². The van der Waals surface area contributed by atoms with Crippen LogP contribution in [0.25, 0.3) is 10.8 Å². The van der Waals surface area contributed by atoms with Gasteiger partial charge in [0.1, 0.15) is 5.75 Å². The molecule has 3 rings (SSSR count). The van der Waals surface area contributed by atoms with Gasteiger partial charge in [0.2, 0.25) is 0 Å². The summed E-state index contributed by atoms with van der Waals surface area (Å²) in [5.74, 6) is -0.103. The molecule has 0 aromatic heterocycles. The van der Waals surface area contributed by atoms with Crippen molar-refractivity contribution in [1.29, 1.82) is 5.26 Å². The van der Waals surface area contributed by atoms with E-state index in [1.54, 1.807) is 36.4 Å². The Morgan fingerprint density at radius 2 is 2.19 bits per heavy atom. The van der Waals surface area contributed by atoms with Gasteiger partial charge in [0.15, 0.2) is 9.84 Å². The molecule has 0 saturated heterocycles. The number of nitrogens with zero attached hydrogens (tertiary/aromatic N) is 2. The van der Waals surface area contributed by atoms with E-state index in [4.69, 9.17) is 5.26 Å². The molecular weight excluding hydrogens is 306 g/mol. The molecule has 1 N–H and O–H groups in total. The van der Waals surface area contributed by atoms with Crippen LogP contribution in [0.4, 0.5) is 0 Å². The van der Waals surface area contributed by atoms with E-state index >= 15 is 0 Å². The number of hydrogen-bond acceptors (Lipinski definition) is 6. The lowest BCUT2D eigenvalue weighted by Crippen LogP contribution is -2.13. The molecule has 2 aromatic carbocycles. The Labute approximate surface area is 126 Å². The lowest BCUT2D eigenvalue weighted by atomic mass is 10.1. The van der Waals surface area contributed by atoms with Crippen molar-refractivity contribution in [1.82, 2.24) is 4.72 Å². The molecule has 1 aliphatic heterocycles. The molecule has 0 radical (unpaired) electrons. The summed E-state index contributed by atoms with van der Waals surface area (Å²) in [6.07, 6.45) is 0. The maximum atomic E-state index is 12.4. The summed E-state index contributed by atoms with van der Waals surface area (Å²) >= 11 is 1.25. The molecule has 2 aromatic rings. The minimum atomic E-state index is -3.43. The van der Waals surface area contributed by atoms with Gasteiger partial charge in [-0.1, -0.05) is 18.2 Å². The Balaban J connectivity index is 2.03. The zero-order valence-corrected chi connectivity index (χ0v) is 12.5. The monoisotopic (exact) mass is 317 g/mol. The van der Waals surface area contributed by atoms with Crippen LogP contribution in [0.3, 0.4) is 0 Å². The van der Waals surface area contributed by atoms with Crippen LogP contribution in [0.5, 0.6) is 0 Å². The van der Waals surface area contributed by atoms with Crippen molar-refractivity contribution in [3.8, 4) is 6.07 Å². The van der Waals surface area contributed by atoms with Gasteiger partial charge in [-0.3, -0.25) is 4.99 Å². The third kappa shape index (κ3) is 2.78. The predicted octanol–water partition coefficient (Wildman–Crippen LogP) is 2.09. The van der Waals surface area contributed by atoms with Crippen molar-refractivity contribution in [3.63, 3.8) is 0 Å². The van der Waals surface area contributed by atoms with Gasteiger partial charge in [-0.2, -0.15) is 5.26 Å². The molecule has 0 atom stereocenters. The summed E-state index contributed by atoms with van der Waals surface area (Å²) in [6.45, 7) is 0.443. The first-order valence-corrected chi connectivity index (χ1v) is 8.66. The summed E-state index contributed by atoms with van der Waals surface area (Å²) in [5.41, 5.74) is 0.538. The zero-order valence-electron chi connectivity index (χ0n) is 10.9. The average Bonchev–Trinajstić information content (AvgIpc) is 2.98. The third-order valence-corrected chi connectivity index (χ3v) is 5.75. The Morgan fingerprint density at radius 3 is 2.90 bits per heavy atom. The summed E-state index contributed by atoms with van der Waals surface area (Å²) in [6, 6.07) is 12.2. The first-order valence-electron chi connectivity index (χ1n) is 6.19. The number of fused-ring (bicyclic) bond motifs is 1. The van der Waals surface area contributed by atoms with Gasteiger partial charge in [0.05, 0.1) is 28.2 Å². The second-order valence-corrected chi connectivity index (χ2v) is 7.47. The maximum Gasteiger partial charge on any atom is 0.184 e. The molecule has 0 amide bonds.